The van der Waals surface area contributed by atoms with E-state index in [1.165, 1.54) is 12.7 Å². The van der Waals surface area contributed by atoms with E-state index in [2.05, 4.69) is 29.2 Å². The number of para-hydroxylation sites is 1. The van der Waals surface area contributed by atoms with Gasteiger partial charge < -0.3 is 23.8 Å². The molecule has 2 aliphatic rings. The van der Waals surface area contributed by atoms with Gasteiger partial charge in [0.15, 0.2) is 0 Å². The summed E-state index contributed by atoms with van der Waals surface area (Å²) in [5, 5.41) is 10.2. The third-order valence-corrected chi connectivity index (χ3v) is 10.4. The average molecular weight is 724 g/mol. The van der Waals surface area contributed by atoms with Gasteiger partial charge in [-0.05, 0) is 60.4 Å². The number of hydrogen-bond donors (Lipinski definition) is 0. The lowest BCUT2D eigenvalue weighted by Gasteiger charge is -2.40. The van der Waals surface area contributed by atoms with Crippen molar-refractivity contribution in [3.05, 3.63) is 142 Å². The molecule has 1 unspecified atom stereocenters. The van der Waals surface area contributed by atoms with Crippen molar-refractivity contribution in [3.8, 4) is 23.1 Å². The maximum atomic E-state index is 15.0. The molecule has 0 radical (unpaired) electrons. The first-order valence-electron chi connectivity index (χ1n) is 18.7. The van der Waals surface area contributed by atoms with Crippen LogP contribution in [0.1, 0.15) is 62.5 Å². The predicted octanol–water partition coefficient (Wildman–Crippen LogP) is 7.65. The maximum absolute atomic E-state index is 15.0. The Labute approximate surface area is 318 Å². The van der Waals surface area contributed by atoms with Crippen molar-refractivity contribution in [2.45, 2.75) is 46.3 Å². The first kappa shape index (κ1) is 38.0. The number of morpholine rings is 1. The van der Waals surface area contributed by atoms with Crippen molar-refractivity contribution in [1.82, 2.24) is 14.4 Å². The minimum Gasteiger partial charge on any atom is -0.495 e. The molecular formula is C45H49N5O4. The molecule has 0 N–H and O–H groups in total. The van der Waals surface area contributed by atoms with Gasteiger partial charge in [-0.1, -0.05) is 86.6 Å². The van der Waals surface area contributed by atoms with E-state index >= 15 is 4.79 Å². The highest BCUT2D eigenvalue weighted by molar-refractivity contribution is 6.08. The average Bonchev–Trinajstić information content (AvgIpc) is 3.53. The van der Waals surface area contributed by atoms with Crippen LogP contribution in [0.5, 0.6) is 5.75 Å². The lowest BCUT2D eigenvalue weighted by molar-refractivity contribution is 0.0193. The molecule has 7 rings (SSSR count). The number of fused-ring (bicyclic) bond motifs is 1. The number of anilines is 1. The van der Waals surface area contributed by atoms with Crippen LogP contribution in [0.2, 0.25) is 0 Å². The molecule has 0 saturated carbocycles. The SMILES string of the molecule is CC.COc1cc(-c2cc(C(=O)N(Cc3ccccc3)c3ccccc3)c(C)n2C)c(C(=O)N2Cc3ccccc3CC2CN2CCOCC2)cc1C#N. The van der Waals surface area contributed by atoms with E-state index in [0.29, 0.717) is 54.4 Å². The van der Waals surface area contributed by atoms with Crippen LogP contribution in [-0.4, -0.2) is 72.2 Å². The number of carbonyl (C=O) groups excluding carboxylic acids is 2. The lowest BCUT2D eigenvalue weighted by Crippen LogP contribution is -2.52. The van der Waals surface area contributed by atoms with Crippen LogP contribution < -0.4 is 9.64 Å². The van der Waals surface area contributed by atoms with Crippen LogP contribution in [0, 0.1) is 18.3 Å². The fourth-order valence-electron chi connectivity index (χ4n) is 7.42. The maximum Gasteiger partial charge on any atom is 0.260 e. The quantitative estimate of drug-likeness (QED) is 0.155. The highest BCUT2D eigenvalue weighted by atomic mass is 16.5. The summed E-state index contributed by atoms with van der Waals surface area (Å²) < 4.78 is 13.3. The summed E-state index contributed by atoms with van der Waals surface area (Å²) >= 11 is 0. The van der Waals surface area contributed by atoms with Crippen molar-refractivity contribution < 1.29 is 19.1 Å². The third-order valence-electron chi connectivity index (χ3n) is 10.4. The number of rotatable bonds is 9. The van der Waals surface area contributed by atoms with Crippen molar-refractivity contribution in [1.29, 1.82) is 5.26 Å². The van der Waals surface area contributed by atoms with Gasteiger partial charge in [0.1, 0.15) is 11.8 Å². The van der Waals surface area contributed by atoms with E-state index in [1.54, 1.807) is 17.0 Å². The predicted molar refractivity (Wildman–Crippen MR) is 213 cm³/mol. The molecule has 9 heteroatoms. The van der Waals surface area contributed by atoms with E-state index in [0.717, 1.165) is 48.6 Å². The molecule has 2 amide bonds. The molecule has 1 atom stereocenters. The minimum absolute atomic E-state index is 0.0781. The van der Waals surface area contributed by atoms with E-state index in [4.69, 9.17) is 9.47 Å². The van der Waals surface area contributed by atoms with E-state index in [9.17, 15) is 10.1 Å². The number of aromatic nitrogens is 1. The number of benzene rings is 4. The molecule has 2 aliphatic heterocycles. The van der Waals surface area contributed by atoms with Crippen LogP contribution in [-0.2, 0) is 31.3 Å². The monoisotopic (exact) mass is 723 g/mol. The molecule has 9 nitrogen and oxygen atoms in total. The topological polar surface area (TPSA) is 91.0 Å². The Balaban J connectivity index is 0.00000245. The van der Waals surface area contributed by atoms with Crippen molar-refractivity contribution in [3.63, 3.8) is 0 Å². The zero-order valence-electron chi connectivity index (χ0n) is 31.9. The van der Waals surface area contributed by atoms with Gasteiger partial charge in [-0.3, -0.25) is 14.5 Å². The summed E-state index contributed by atoms with van der Waals surface area (Å²) in [6.07, 6.45) is 0.731. The third kappa shape index (κ3) is 7.96. The summed E-state index contributed by atoms with van der Waals surface area (Å²) in [6, 6.07) is 35.3. The summed E-state index contributed by atoms with van der Waals surface area (Å²) in [5.41, 5.74) is 7.39. The molecule has 0 aliphatic carbocycles. The van der Waals surface area contributed by atoms with Gasteiger partial charge in [-0.25, -0.2) is 0 Å². The molecule has 1 aromatic heterocycles. The second-order valence-corrected chi connectivity index (χ2v) is 13.5. The summed E-state index contributed by atoms with van der Waals surface area (Å²) in [6.45, 7) is 10.5. The minimum atomic E-state index is -0.163. The van der Waals surface area contributed by atoms with Gasteiger partial charge in [0.2, 0.25) is 0 Å². The smallest absolute Gasteiger partial charge is 0.260 e. The Hall–Kier alpha value is -5.69. The first-order chi connectivity index (χ1) is 26.4. The molecule has 54 heavy (non-hydrogen) atoms. The number of ether oxygens (including phenoxy) is 2. The molecule has 0 spiro atoms. The number of amides is 2. The largest absolute Gasteiger partial charge is 0.495 e. The number of methoxy groups -OCH3 is 1. The zero-order valence-corrected chi connectivity index (χ0v) is 31.9. The van der Waals surface area contributed by atoms with Crippen LogP contribution in [0.25, 0.3) is 11.3 Å². The molecule has 1 fully saturated rings. The van der Waals surface area contributed by atoms with E-state index in [1.807, 2.05) is 110 Å². The molecule has 4 aromatic carbocycles. The molecule has 278 valence electrons. The second kappa shape index (κ2) is 17.4. The molecule has 1 saturated heterocycles. The standard InChI is InChI=1S/C43H43N5O4.C2H6/c1-30-37(42(49)47(35-16-8-5-9-17-35)27-31-12-6-4-7-13-31)24-40(45(30)2)38-25-41(51-3)34(26-44)23-39(38)43(50)48-28-33-15-11-10-14-32(33)22-36(48)29-46-18-20-52-21-19-46;1-2/h4-17,23-25,36H,18-22,27-29H2,1-3H3;1-2H3. The highest BCUT2D eigenvalue weighted by Crippen LogP contribution is 2.36. The zero-order chi connectivity index (χ0) is 38.2. The number of nitrogens with zero attached hydrogens (tertiary/aromatic N) is 5. The van der Waals surface area contributed by atoms with Crippen molar-refractivity contribution >= 4 is 17.5 Å². The van der Waals surface area contributed by atoms with Crippen LogP contribution >= 0.6 is 0 Å². The Bertz CT molecular complexity index is 2120. The number of carbonyl (C=O) groups is 2. The van der Waals surface area contributed by atoms with Gasteiger partial charge in [-0.2, -0.15) is 5.26 Å². The Morgan fingerprint density at radius 1 is 0.889 bits per heavy atom. The van der Waals surface area contributed by atoms with Crippen LogP contribution in [0.3, 0.4) is 0 Å². The Morgan fingerprint density at radius 2 is 1.54 bits per heavy atom. The summed E-state index contributed by atoms with van der Waals surface area (Å²) in [5.74, 6) is 0.0503. The van der Waals surface area contributed by atoms with Crippen LogP contribution in [0.4, 0.5) is 5.69 Å². The van der Waals surface area contributed by atoms with Gasteiger partial charge in [-0.15, -0.1) is 0 Å². The summed E-state index contributed by atoms with van der Waals surface area (Å²) in [7, 11) is 3.43. The summed E-state index contributed by atoms with van der Waals surface area (Å²) in [4.78, 5) is 35.7. The molecule has 5 aromatic rings. The first-order valence-corrected chi connectivity index (χ1v) is 18.7. The normalized spacial score (nSPS) is 15.3. The van der Waals surface area contributed by atoms with Gasteiger partial charge in [0.05, 0.1) is 43.6 Å². The molecule has 3 heterocycles. The fourth-order valence-corrected chi connectivity index (χ4v) is 7.42. The van der Waals surface area contributed by atoms with Crippen molar-refractivity contribution in [2.75, 3.05) is 44.9 Å². The van der Waals surface area contributed by atoms with E-state index in [-0.39, 0.29) is 23.4 Å². The second-order valence-electron chi connectivity index (χ2n) is 13.5. The highest BCUT2D eigenvalue weighted by Gasteiger charge is 2.34. The Kier molecular flexibility index (Phi) is 12.3. The van der Waals surface area contributed by atoms with E-state index < -0.39 is 0 Å². The molecular weight excluding hydrogens is 675 g/mol. The number of nitriles is 1. The fraction of sp³-hybridized carbons (Fsp3) is 0.311. The lowest BCUT2D eigenvalue weighted by atomic mass is 9.91. The van der Waals surface area contributed by atoms with Gasteiger partial charge in [0, 0.05) is 61.9 Å². The van der Waals surface area contributed by atoms with Crippen molar-refractivity contribution in [2.24, 2.45) is 7.05 Å². The Morgan fingerprint density at radius 3 is 2.20 bits per heavy atom. The van der Waals surface area contributed by atoms with Gasteiger partial charge >= 0.3 is 0 Å². The van der Waals surface area contributed by atoms with Crippen LogP contribution in [0.15, 0.2) is 103 Å². The van der Waals surface area contributed by atoms with Gasteiger partial charge in [0.25, 0.3) is 11.8 Å². The molecule has 0 bridgehead atoms. The number of hydrogen-bond acceptors (Lipinski definition) is 6.